The van der Waals surface area contributed by atoms with Crippen molar-refractivity contribution >= 4 is 0 Å². The van der Waals surface area contributed by atoms with E-state index in [1.165, 1.54) is 16.7 Å². The number of hydrogen-bond donors (Lipinski definition) is 1. The summed E-state index contributed by atoms with van der Waals surface area (Å²) in [5.41, 5.74) is 3.80. The van der Waals surface area contributed by atoms with Crippen molar-refractivity contribution < 1.29 is 4.74 Å². The van der Waals surface area contributed by atoms with E-state index in [0.717, 1.165) is 12.3 Å². The Bertz CT molecular complexity index is 560. The molecule has 2 aromatic carbocycles. The molecule has 0 radical (unpaired) electrons. The molecule has 0 saturated heterocycles. The first-order valence-corrected chi connectivity index (χ1v) is 7.61. The van der Waals surface area contributed by atoms with Gasteiger partial charge < -0.3 is 10.1 Å². The normalized spacial score (nSPS) is 12.4. The summed E-state index contributed by atoms with van der Waals surface area (Å²) in [6.07, 6.45) is 0.195. The van der Waals surface area contributed by atoms with Crippen LogP contribution in [-0.4, -0.2) is 6.10 Å². The van der Waals surface area contributed by atoms with Crippen LogP contribution in [0.25, 0.3) is 0 Å². The molecular formula is C19H25NO. The van der Waals surface area contributed by atoms with Gasteiger partial charge in [-0.05, 0) is 39.3 Å². The third kappa shape index (κ3) is 4.61. The molecule has 0 amide bonds. The zero-order valence-corrected chi connectivity index (χ0v) is 13.4. The molecule has 0 fully saturated rings. The number of hydrogen-bond acceptors (Lipinski definition) is 2. The summed E-state index contributed by atoms with van der Waals surface area (Å²) in [7, 11) is 0. The molecule has 0 spiro atoms. The van der Waals surface area contributed by atoms with Crippen LogP contribution in [0.5, 0.6) is 5.75 Å². The Hall–Kier alpha value is -1.80. The molecule has 2 rings (SSSR count). The molecule has 2 aromatic rings. The van der Waals surface area contributed by atoms with Crippen molar-refractivity contribution in [1.29, 1.82) is 0 Å². The predicted octanol–water partition coefficient (Wildman–Crippen LogP) is 4.63. The van der Waals surface area contributed by atoms with Crippen molar-refractivity contribution in [2.45, 2.75) is 46.4 Å². The topological polar surface area (TPSA) is 21.3 Å². The molecule has 1 atom stereocenters. The second kappa shape index (κ2) is 7.28. The number of ether oxygens (including phenoxy) is 1. The van der Waals surface area contributed by atoms with Gasteiger partial charge in [0.1, 0.15) is 5.75 Å². The lowest BCUT2D eigenvalue weighted by Crippen LogP contribution is -2.19. The van der Waals surface area contributed by atoms with Gasteiger partial charge in [-0.25, -0.2) is 0 Å². The van der Waals surface area contributed by atoms with Crippen LogP contribution in [-0.2, 0) is 6.54 Å². The van der Waals surface area contributed by atoms with Crippen molar-refractivity contribution in [2.24, 2.45) is 0 Å². The minimum Gasteiger partial charge on any atom is -0.491 e. The maximum atomic E-state index is 5.86. The maximum absolute atomic E-state index is 5.86. The molecule has 2 heteroatoms. The van der Waals surface area contributed by atoms with Crippen molar-refractivity contribution in [3.8, 4) is 5.75 Å². The van der Waals surface area contributed by atoms with Gasteiger partial charge >= 0.3 is 0 Å². The summed E-state index contributed by atoms with van der Waals surface area (Å²) in [5, 5.41) is 3.57. The van der Waals surface area contributed by atoms with Crippen LogP contribution in [0, 0.1) is 6.92 Å². The number of aryl methyl sites for hydroxylation is 1. The minimum atomic E-state index is 0.195. The Morgan fingerprint density at radius 3 is 2.29 bits per heavy atom. The van der Waals surface area contributed by atoms with Gasteiger partial charge in [0.25, 0.3) is 0 Å². The number of para-hydroxylation sites is 1. The molecule has 21 heavy (non-hydrogen) atoms. The molecule has 2 nitrogen and oxygen atoms in total. The Morgan fingerprint density at radius 1 is 0.952 bits per heavy atom. The minimum absolute atomic E-state index is 0.195. The summed E-state index contributed by atoms with van der Waals surface area (Å²) in [6, 6.07) is 17.2. The SMILES string of the molecule is Cc1ccc(C(C)NCc2ccccc2OC(C)C)cc1. The van der Waals surface area contributed by atoms with Gasteiger partial charge in [0.05, 0.1) is 6.10 Å². The van der Waals surface area contributed by atoms with Gasteiger partial charge in [-0.2, -0.15) is 0 Å². The van der Waals surface area contributed by atoms with E-state index in [1.54, 1.807) is 0 Å². The van der Waals surface area contributed by atoms with Crippen molar-refractivity contribution in [2.75, 3.05) is 0 Å². The van der Waals surface area contributed by atoms with Gasteiger partial charge in [-0.1, -0.05) is 48.0 Å². The molecule has 0 aliphatic rings. The van der Waals surface area contributed by atoms with Gasteiger partial charge in [-0.3, -0.25) is 0 Å². The number of rotatable bonds is 6. The summed E-state index contributed by atoms with van der Waals surface area (Å²) < 4.78 is 5.86. The van der Waals surface area contributed by atoms with E-state index in [0.29, 0.717) is 6.04 Å². The predicted molar refractivity (Wildman–Crippen MR) is 88.6 cm³/mol. The lowest BCUT2D eigenvalue weighted by atomic mass is 10.1. The average Bonchev–Trinajstić information content (AvgIpc) is 2.46. The second-order valence-corrected chi connectivity index (χ2v) is 5.79. The highest BCUT2D eigenvalue weighted by atomic mass is 16.5. The highest BCUT2D eigenvalue weighted by Gasteiger charge is 2.08. The van der Waals surface area contributed by atoms with Crippen LogP contribution in [0.1, 0.15) is 43.5 Å². The van der Waals surface area contributed by atoms with Crippen LogP contribution in [0.15, 0.2) is 48.5 Å². The quantitative estimate of drug-likeness (QED) is 0.834. The molecule has 0 heterocycles. The molecule has 0 bridgehead atoms. The lowest BCUT2D eigenvalue weighted by molar-refractivity contribution is 0.239. The first-order chi connectivity index (χ1) is 10.1. The molecule has 112 valence electrons. The summed E-state index contributed by atoms with van der Waals surface area (Å²) in [4.78, 5) is 0. The highest BCUT2D eigenvalue weighted by Crippen LogP contribution is 2.21. The third-order valence-corrected chi connectivity index (χ3v) is 3.51. The fraction of sp³-hybridized carbons (Fsp3) is 0.368. The largest absolute Gasteiger partial charge is 0.491 e. The maximum Gasteiger partial charge on any atom is 0.124 e. The molecule has 1 unspecified atom stereocenters. The van der Waals surface area contributed by atoms with E-state index < -0.39 is 0 Å². The van der Waals surface area contributed by atoms with Gasteiger partial charge in [0.15, 0.2) is 0 Å². The Kier molecular flexibility index (Phi) is 5.40. The molecule has 0 aliphatic carbocycles. The Labute approximate surface area is 128 Å². The van der Waals surface area contributed by atoms with E-state index in [2.05, 4.69) is 69.4 Å². The number of benzene rings is 2. The van der Waals surface area contributed by atoms with E-state index in [1.807, 2.05) is 12.1 Å². The van der Waals surface area contributed by atoms with Crippen LogP contribution in [0.3, 0.4) is 0 Å². The first kappa shape index (κ1) is 15.6. The average molecular weight is 283 g/mol. The molecule has 1 N–H and O–H groups in total. The van der Waals surface area contributed by atoms with Gasteiger partial charge in [0.2, 0.25) is 0 Å². The first-order valence-electron chi connectivity index (χ1n) is 7.61. The summed E-state index contributed by atoms with van der Waals surface area (Å²) >= 11 is 0. The van der Waals surface area contributed by atoms with Crippen LogP contribution in [0.2, 0.25) is 0 Å². The van der Waals surface area contributed by atoms with Crippen LogP contribution in [0.4, 0.5) is 0 Å². The monoisotopic (exact) mass is 283 g/mol. The molecule has 0 saturated carbocycles. The van der Waals surface area contributed by atoms with Crippen LogP contribution < -0.4 is 10.1 Å². The smallest absolute Gasteiger partial charge is 0.124 e. The van der Waals surface area contributed by atoms with E-state index in [9.17, 15) is 0 Å². The molecule has 0 aliphatic heterocycles. The molecule has 0 aromatic heterocycles. The summed E-state index contributed by atoms with van der Waals surface area (Å²) in [6.45, 7) is 9.22. The zero-order chi connectivity index (χ0) is 15.2. The second-order valence-electron chi connectivity index (χ2n) is 5.79. The number of nitrogens with one attached hydrogen (secondary N) is 1. The van der Waals surface area contributed by atoms with Crippen LogP contribution >= 0.6 is 0 Å². The Morgan fingerprint density at radius 2 is 1.62 bits per heavy atom. The lowest BCUT2D eigenvalue weighted by Gasteiger charge is -2.18. The van der Waals surface area contributed by atoms with E-state index >= 15 is 0 Å². The third-order valence-electron chi connectivity index (χ3n) is 3.51. The Balaban J connectivity index is 2.01. The molecular weight excluding hydrogens is 258 g/mol. The zero-order valence-electron chi connectivity index (χ0n) is 13.4. The van der Waals surface area contributed by atoms with Crippen molar-refractivity contribution in [1.82, 2.24) is 5.32 Å². The fourth-order valence-corrected chi connectivity index (χ4v) is 2.25. The highest BCUT2D eigenvalue weighted by molar-refractivity contribution is 5.33. The standard InChI is InChI=1S/C19H25NO/c1-14(2)21-19-8-6-5-7-18(19)13-20-16(4)17-11-9-15(3)10-12-17/h5-12,14,16,20H,13H2,1-4H3. The van der Waals surface area contributed by atoms with Crippen molar-refractivity contribution in [3.63, 3.8) is 0 Å². The van der Waals surface area contributed by atoms with Crippen molar-refractivity contribution in [3.05, 3.63) is 65.2 Å². The fourth-order valence-electron chi connectivity index (χ4n) is 2.25. The van der Waals surface area contributed by atoms with Gasteiger partial charge in [0, 0.05) is 18.2 Å². The van der Waals surface area contributed by atoms with Gasteiger partial charge in [-0.15, -0.1) is 0 Å². The summed E-state index contributed by atoms with van der Waals surface area (Å²) in [5.74, 6) is 0.969. The van der Waals surface area contributed by atoms with E-state index in [4.69, 9.17) is 4.74 Å². The van der Waals surface area contributed by atoms with E-state index in [-0.39, 0.29) is 6.10 Å².